The van der Waals surface area contributed by atoms with Crippen LogP contribution in [0.25, 0.3) is 5.69 Å². The van der Waals surface area contributed by atoms with Gasteiger partial charge in [-0.3, -0.25) is 9.13 Å². The molecule has 0 radical (unpaired) electrons. The lowest BCUT2D eigenvalue weighted by molar-refractivity contribution is 0.366. The first-order valence-electron chi connectivity index (χ1n) is 7.44. The molecule has 1 aromatic carbocycles. The first kappa shape index (κ1) is 17.5. The highest BCUT2D eigenvalue weighted by molar-refractivity contribution is 7.80. The molecule has 0 bridgehead atoms. The molecule has 0 saturated heterocycles. The first-order valence-corrected chi connectivity index (χ1v) is 8.25. The van der Waals surface area contributed by atoms with E-state index in [1.807, 2.05) is 6.92 Å². The molecule has 2 aromatic rings. The van der Waals surface area contributed by atoms with E-state index >= 15 is 0 Å². The van der Waals surface area contributed by atoms with Crippen LogP contribution in [-0.4, -0.2) is 31.8 Å². The second kappa shape index (κ2) is 6.19. The first-order chi connectivity index (χ1) is 11.8. The van der Waals surface area contributed by atoms with Crippen LogP contribution in [0.3, 0.4) is 0 Å². The van der Waals surface area contributed by atoms with Crippen LogP contribution in [-0.2, 0) is 14.1 Å². The van der Waals surface area contributed by atoms with Crippen molar-refractivity contribution < 1.29 is 9.13 Å². The Bertz CT molecular complexity index is 1030. The monoisotopic (exact) mass is 382 g/mol. The minimum absolute atomic E-state index is 0.0457. The van der Waals surface area contributed by atoms with Gasteiger partial charge in [-0.2, -0.15) is 0 Å². The van der Waals surface area contributed by atoms with Crippen LogP contribution >= 0.6 is 24.4 Å². The minimum Gasteiger partial charge on any atom is -0.484 e. The zero-order valence-corrected chi connectivity index (χ0v) is 15.4. The van der Waals surface area contributed by atoms with Crippen molar-refractivity contribution in [3.05, 3.63) is 43.7 Å². The van der Waals surface area contributed by atoms with E-state index in [-0.39, 0.29) is 17.1 Å². The number of hydrogen-bond donors (Lipinski definition) is 0. The van der Waals surface area contributed by atoms with Crippen LogP contribution in [0, 0.1) is 10.6 Å². The van der Waals surface area contributed by atoms with Gasteiger partial charge in [-0.1, -0.05) is 12.2 Å². The van der Waals surface area contributed by atoms with Gasteiger partial charge in [-0.15, -0.1) is 0 Å². The maximum Gasteiger partial charge on any atom is 0.338 e. The Morgan fingerprint density at radius 3 is 2.28 bits per heavy atom. The summed E-state index contributed by atoms with van der Waals surface area (Å²) in [6.45, 7) is 2.62. The van der Waals surface area contributed by atoms with Gasteiger partial charge in [0.1, 0.15) is 17.3 Å². The molecular weight excluding hydrogens is 367 g/mol. The van der Waals surface area contributed by atoms with Crippen LogP contribution in [0.1, 0.15) is 6.92 Å². The van der Waals surface area contributed by atoms with Crippen molar-refractivity contribution in [3.8, 4) is 11.4 Å². The topological polar surface area (TPSA) is 61.4 Å². The molecule has 1 aliphatic rings. The van der Waals surface area contributed by atoms with E-state index in [1.54, 1.807) is 4.90 Å². The summed E-state index contributed by atoms with van der Waals surface area (Å²) in [7, 11) is 2.85. The third-order valence-electron chi connectivity index (χ3n) is 4.06. The minimum atomic E-state index is -0.751. The molecule has 0 unspecified atom stereocenters. The van der Waals surface area contributed by atoms with Crippen LogP contribution < -0.4 is 21.0 Å². The highest BCUT2D eigenvalue weighted by atomic mass is 32.1. The Hall–Kier alpha value is -2.33. The summed E-state index contributed by atoms with van der Waals surface area (Å²) in [5, 5.41) is 0. The fourth-order valence-electron chi connectivity index (χ4n) is 2.71. The number of benzene rings is 1. The summed E-state index contributed by atoms with van der Waals surface area (Å²) >= 11 is 10.3. The number of hydrogen-bond acceptors (Lipinski definition) is 5. The van der Waals surface area contributed by atoms with E-state index in [0.717, 1.165) is 19.8 Å². The van der Waals surface area contributed by atoms with E-state index in [2.05, 4.69) is 0 Å². The third kappa shape index (κ3) is 2.61. The van der Waals surface area contributed by atoms with Gasteiger partial charge in [0.2, 0.25) is 0 Å². The second-order valence-electron chi connectivity index (χ2n) is 5.50. The highest BCUT2D eigenvalue weighted by Crippen LogP contribution is 2.35. The summed E-state index contributed by atoms with van der Waals surface area (Å²) in [5.41, 5.74) is -1.13. The number of likely N-dealkylation sites (N-methyl/N-ethyl adjacent to an activating group) is 1. The Morgan fingerprint density at radius 1 is 1.12 bits per heavy atom. The number of anilines is 1. The van der Waals surface area contributed by atoms with Crippen molar-refractivity contribution in [2.75, 3.05) is 18.1 Å². The van der Waals surface area contributed by atoms with Crippen molar-refractivity contribution >= 4 is 35.1 Å². The number of fused-ring (bicyclic) bond motifs is 1. The van der Waals surface area contributed by atoms with Crippen LogP contribution in [0.2, 0.25) is 0 Å². The Morgan fingerprint density at radius 2 is 1.72 bits per heavy atom. The largest absolute Gasteiger partial charge is 0.484 e. The maximum absolute atomic E-state index is 14.6. The van der Waals surface area contributed by atoms with E-state index in [4.69, 9.17) is 29.2 Å². The Labute approximate surface area is 152 Å². The molecule has 132 valence electrons. The summed E-state index contributed by atoms with van der Waals surface area (Å²) in [4.78, 5) is 27.3. The van der Waals surface area contributed by atoms with Crippen LogP contribution in [0.5, 0.6) is 5.75 Å². The molecule has 0 N–H and O–H groups in total. The van der Waals surface area contributed by atoms with Gasteiger partial charge < -0.3 is 9.64 Å². The van der Waals surface area contributed by atoms with Gasteiger partial charge in [-0.25, -0.2) is 18.5 Å². The molecule has 1 aliphatic heterocycles. The number of halogens is 1. The zero-order valence-electron chi connectivity index (χ0n) is 13.8. The van der Waals surface area contributed by atoms with Gasteiger partial charge >= 0.3 is 11.4 Å². The van der Waals surface area contributed by atoms with Gasteiger partial charge in [0.15, 0.2) is 10.6 Å². The van der Waals surface area contributed by atoms with Crippen LogP contribution in [0.4, 0.5) is 10.1 Å². The average molecular weight is 382 g/mol. The molecule has 0 fully saturated rings. The smallest absolute Gasteiger partial charge is 0.338 e. The number of rotatable bonds is 2. The Kier molecular flexibility index (Phi) is 4.33. The molecule has 0 spiro atoms. The average Bonchev–Trinajstić information content (AvgIpc) is 2.59. The quantitative estimate of drug-likeness (QED) is 0.730. The molecule has 0 aliphatic carbocycles. The number of nitrogens with zero attached hydrogens (tertiary/aromatic N) is 4. The molecule has 3 rings (SSSR count). The van der Waals surface area contributed by atoms with Gasteiger partial charge in [0.05, 0.1) is 11.4 Å². The lowest BCUT2D eigenvalue weighted by Gasteiger charge is -2.31. The lowest BCUT2D eigenvalue weighted by Crippen LogP contribution is -2.44. The number of aromatic nitrogens is 3. The fraction of sp³-hybridized carbons (Fsp3) is 0.333. The van der Waals surface area contributed by atoms with E-state index in [9.17, 15) is 14.0 Å². The number of ether oxygens (including phenoxy) is 1. The molecule has 2 heterocycles. The molecular formula is C15H15FN4O3S2. The zero-order chi connectivity index (χ0) is 18.5. The predicted octanol–water partition coefficient (Wildman–Crippen LogP) is 1.29. The highest BCUT2D eigenvalue weighted by Gasteiger charge is 2.25. The van der Waals surface area contributed by atoms with Gasteiger partial charge in [0.25, 0.3) is 0 Å². The molecule has 25 heavy (non-hydrogen) atoms. The van der Waals surface area contributed by atoms with E-state index < -0.39 is 17.2 Å². The van der Waals surface area contributed by atoms with Crippen molar-refractivity contribution in [1.82, 2.24) is 13.7 Å². The molecule has 1 aromatic heterocycles. The second-order valence-corrected chi connectivity index (χ2v) is 6.34. The predicted molar refractivity (Wildman–Crippen MR) is 98.2 cm³/mol. The van der Waals surface area contributed by atoms with Crippen molar-refractivity contribution in [3.63, 3.8) is 0 Å². The summed E-state index contributed by atoms with van der Waals surface area (Å²) in [5.74, 6) is -0.440. The summed E-state index contributed by atoms with van der Waals surface area (Å²) in [6, 6.07) is 2.55. The van der Waals surface area contributed by atoms with Crippen molar-refractivity contribution in [2.24, 2.45) is 14.1 Å². The lowest BCUT2D eigenvalue weighted by atomic mass is 10.2. The van der Waals surface area contributed by atoms with Crippen molar-refractivity contribution in [1.29, 1.82) is 0 Å². The summed E-state index contributed by atoms with van der Waals surface area (Å²) in [6.07, 6.45) is 0. The standard InChI is InChI=1S/C15H15FN4O3S2/c1-4-19-10-6-9(8(16)5-11(10)23-7-12(19)24)20-13(21)17(2)15(25)18(3)14(20)22/h5-6H,4,7H2,1-3H3. The maximum atomic E-state index is 14.6. The molecule has 7 nitrogen and oxygen atoms in total. The molecule has 0 atom stereocenters. The van der Waals surface area contributed by atoms with E-state index in [1.165, 1.54) is 20.2 Å². The van der Waals surface area contributed by atoms with Crippen LogP contribution in [0.15, 0.2) is 21.7 Å². The van der Waals surface area contributed by atoms with E-state index in [0.29, 0.717) is 23.0 Å². The number of thiocarbonyl (C=S) groups is 1. The summed E-state index contributed by atoms with van der Waals surface area (Å²) < 4.78 is 23.1. The fourth-order valence-corrected chi connectivity index (χ4v) is 3.15. The van der Waals surface area contributed by atoms with Gasteiger partial charge in [0, 0.05) is 26.7 Å². The molecule has 0 amide bonds. The SMILES string of the molecule is CCN1C(=S)COc2cc(F)c(-n3c(=O)n(C)c(=S)n(C)c3=O)cc21. The third-order valence-corrected chi connectivity index (χ3v) is 4.94. The molecule has 0 saturated carbocycles. The van der Waals surface area contributed by atoms with Gasteiger partial charge in [-0.05, 0) is 25.2 Å². The Balaban J connectivity index is 2.37. The molecule has 10 heteroatoms. The normalized spacial score (nSPS) is 13.6. The van der Waals surface area contributed by atoms with Crippen molar-refractivity contribution in [2.45, 2.75) is 6.92 Å².